The highest BCUT2D eigenvalue weighted by atomic mass is 32.2. The van der Waals surface area contributed by atoms with Crippen molar-refractivity contribution in [3.05, 3.63) is 54.1 Å². The van der Waals surface area contributed by atoms with Crippen molar-refractivity contribution in [3.63, 3.8) is 0 Å². The second-order valence-electron chi connectivity index (χ2n) is 8.26. The maximum atomic E-state index is 13.2. The van der Waals surface area contributed by atoms with Crippen molar-refractivity contribution < 1.29 is 17.9 Å². The van der Waals surface area contributed by atoms with Gasteiger partial charge in [-0.05, 0) is 37.1 Å². The van der Waals surface area contributed by atoms with Gasteiger partial charge in [0, 0.05) is 36.0 Å². The Hall–Kier alpha value is -3.53. The molecule has 9 nitrogen and oxygen atoms in total. The molecule has 1 aromatic carbocycles. The maximum Gasteiger partial charge on any atom is 0.257 e. The van der Waals surface area contributed by atoms with E-state index in [2.05, 4.69) is 15.0 Å². The Morgan fingerprint density at radius 2 is 1.94 bits per heavy atom. The Balaban J connectivity index is 1.74. The van der Waals surface area contributed by atoms with Crippen LogP contribution >= 0.6 is 0 Å². The molecule has 0 aliphatic carbocycles. The first-order valence-electron chi connectivity index (χ1n) is 11.0. The Kier molecular flexibility index (Phi) is 6.52. The van der Waals surface area contributed by atoms with Crippen LogP contribution in [0.4, 0.5) is 5.82 Å². The molecule has 2 aromatic heterocycles. The summed E-state index contributed by atoms with van der Waals surface area (Å²) in [6.07, 6.45) is 4.33. The second-order valence-corrected chi connectivity index (χ2v) is 10.5. The van der Waals surface area contributed by atoms with E-state index in [0.29, 0.717) is 35.7 Å². The van der Waals surface area contributed by atoms with Gasteiger partial charge in [0.2, 0.25) is 0 Å². The summed E-state index contributed by atoms with van der Waals surface area (Å²) < 4.78 is 29.3. The molecule has 0 spiro atoms. The number of carbonyl (C=O) groups is 1. The Bertz CT molecular complexity index is 1330. The first-order valence-corrected chi connectivity index (χ1v) is 12.8. The molecule has 1 atom stereocenters. The largest absolute Gasteiger partial charge is 0.496 e. The lowest BCUT2D eigenvalue weighted by molar-refractivity contribution is 0.0744. The van der Waals surface area contributed by atoms with Gasteiger partial charge in [0.05, 0.1) is 35.6 Å². The summed E-state index contributed by atoms with van der Waals surface area (Å²) in [5, 5.41) is 0. The third-order valence-electron chi connectivity index (χ3n) is 6.12. The highest BCUT2D eigenvalue weighted by Gasteiger charge is 2.34. The fraction of sp³-hybridized carbons (Fsp3) is 0.333. The van der Waals surface area contributed by atoms with E-state index >= 15 is 0 Å². The van der Waals surface area contributed by atoms with E-state index in [0.717, 1.165) is 22.4 Å². The lowest BCUT2D eigenvalue weighted by atomic mass is 9.96. The summed E-state index contributed by atoms with van der Waals surface area (Å²) >= 11 is 0. The van der Waals surface area contributed by atoms with E-state index in [4.69, 9.17) is 10.5 Å². The van der Waals surface area contributed by atoms with Crippen molar-refractivity contribution in [2.45, 2.75) is 25.8 Å². The molecule has 2 N–H and O–H groups in total. The molecule has 1 fully saturated rings. The van der Waals surface area contributed by atoms with Crippen LogP contribution in [0.1, 0.15) is 29.4 Å². The van der Waals surface area contributed by atoms with Crippen LogP contribution in [0, 0.1) is 0 Å². The number of methoxy groups -OCH3 is 1. The van der Waals surface area contributed by atoms with Gasteiger partial charge in [-0.3, -0.25) is 4.79 Å². The molecule has 34 heavy (non-hydrogen) atoms. The van der Waals surface area contributed by atoms with Crippen LogP contribution in [0.25, 0.3) is 22.4 Å². The number of rotatable bonds is 6. The molecule has 3 aromatic rings. The van der Waals surface area contributed by atoms with Crippen LogP contribution in [-0.4, -0.2) is 65.9 Å². The molecular formula is C24H27N5O4S. The molecular weight excluding hydrogens is 454 g/mol. The zero-order valence-corrected chi connectivity index (χ0v) is 20.2. The number of hydrogen-bond donors (Lipinski definition) is 1. The molecule has 3 heterocycles. The van der Waals surface area contributed by atoms with Crippen molar-refractivity contribution in [2.75, 3.05) is 31.4 Å². The third kappa shape index (κ3) is 4.58. The van der Waals surface area contributed by atoms with Gasteiger partial charge in [0.15, 0.2) is 9.84 Å². The topological polar surface area (TPSA) is 128 Å². The summed E-state index contributed by atoms with van der Waals surface area (Å²) in [6.45, 7) is 2.02. The smallest absolute Gasteiger partial charge is 0.257 e. The number of pyridine rings is 1. The van der Waals surface area contributed by atoms with Gasteiger partial charge >= 0.3 is 0 Å². The predicted octanol–water partition coefficient (Wildman–Crippen LogP) is 2.62. The van der Waals surface area contributed by atoms with E-state index < -0.39 is 9.84 Å². The lowest BCUT2D eigenvalue weighted by Gasteiger charge is -2.24. The average Bonchev–Trinajstić information content (AvgIpc) is 3.22. The van der Waals surface area contributed by atoms with Crippen molar-refractivity contribution in [1.82, 2.24) is 19.9 Å². The molecule has 10 heteroatoms. The highest BCUT2D eigenvalue weighted by Crippen LogP contribution is 2.35. The van der Waals surface area contributed by atoms with Gasteiger partial charge in [-0.1, -0.05) is 13.0 Å². The molecule has 4 rings (SSSR count). The predicted molar refractivity (Wildman–Crippen MR) is 130 cm³/mol. The highest BCUT2D eigenvalue weighted by molar-refractivity contribution is 7.91. The van der Waals surface area contributed by atoms with Crippen molar-refractivity contribution >= 4 is 21.6 Å². The number of anilines is 1. The van der Waals surface area contributed by atoms with Crippen molar-refractivity contribution in [3.8, 4) is 28.1 Å². The van der Waals surface area contributed by atoms with E-state index in [1.54, 1.807) is 31.4 Å². The number of benzene rings is 1. The summed E-state index contributed by atoms with van der Waals surface area (Å²) in [4.78, 5) is 27.9. The zero-order valence-electron chi connectivity index (χ0n) is 19.4. The fourth-order valence-electron chi connectivity index (χ4n) is 4.22. The van der Waals surface area contributed by atoms with Crippen LogP contribution in [0.5, 0.6) is 5.75 Å². The van der Waals surface area contributed by atoms with E-state index in [1.807, 2.05) is 19.1 Å². The Morgan fingerprint density at radius 3 is 2.56 bits per heavy atom. The minimum atomic E-state index is -3.11. The quantitative estimate of drug-likeness (QED) is 0.569. The summed E-state index contributed by atoms with van der Waals surface area (Å²) in [7, 11) is 0.0211. The molecule has 0 saturated carbocycles. The summed E-state index contributed by atoms with van der Waals surface area (Å²) in [6, 6.07) is 8.53. The number of hydrogen-bond acceptors (Lipinski definition) is 8. The number of aromatic nitrogens is 3. The average molecular weight is 482 g/mol. The Morgan fingerprint density at radius 1 is 1.18 bits per heavy atom. The van der Waals surface area contributed by atoms with Crippen LogP contribution in [0.2, 0.25) is 0 Å². The molecule has 0 radical (unpaired) electrons. The zero-order chi connectivity index (χ0) is 24.5. The first-order chi connectivity index (χ1) is 16.2. The molecule has 178 valence electrons. The standard InChI is InChI=1S/C24H27N5O4S/c1-4-19-22(16-6-8-21(25)26-12-16)23(28-14-27-19)15-5-7-18(20(11-15)33-3)24(30)29(2)17-9-10-34(31,32)13-17/h5-8,11-12,14,17H,4,9-10,13H2,1-3H3,(H2,25,26). The number of carbonyl (C=O) groups excluding carboxylic acids is 1. The number of ether oxygens (including phenoxy) is 1. The first kappa shape index (κ1) is 23.6. The molecule has 0 bridgehead atoms. The number of amides is 1. The number of nitrogens with zero attached hydrogens (tertiary/aromatic N) is 4. The number of aryl methyl sites for hydroxylation is 1. The molecule has 1 aliphatic rings. The van der Waals surface area contributed by atoms with Crippen LogP contribution in [0.15, 0.2) is 42.9 Å². The van der Waals surface area contributed by atoms with E-state index in [9.17, 15) is 13.2 Å². The van der Waals surface area contributed by atoms with Gasteiger partial charge in [-0.15, -0.1) is 0 Å². The van der Waals surface area contributed by atoms with Gasteiger partial charge in [0.1, 0.15) is 17.9 Å². The van der Waals surface area contributed by atoms with Gasteiger partial charge < -0.3 is 15.4 Å². The minimum absolute atomic E-state index is 0.0185. The monoisotopic (exact) mass is 481 g/mol. The van der Waals surface area contributed by atoms with Crippen LogP contribution in [0.3, 0.4) is 0 Å². The number of nitrogen functional groups attached to an aromatic ring is 1. The van der Waals surface area contributed by atoms with Crippen LogP contribution in [-0.2, 0) is 16.3 Å². The Labute approximate surface area is 198 Å². The number of sulfone groups is 1. The molecule has 1 aliphatic heterocycles. The van der Waals surface area contributed by atoms with Crippen LogP contribution < -0.4 is 10.5 Å². The summed E-state index contributed by atoms with van der Waals surface area (Å²) in [5.74, 6) is 0.597. The SMILES string of the molecule is CCc1ncnc(-c2ccc(C(=O)N(C)C3CCS(=O)(=O)C3)c(OC)c2)c1-c1ccc(N)nc1. The van der Waals surface area contributed by atoms with Gasteiger partial charge in [-0.25, -0.2) is 23.4 Å². The fourth-order valence-corrected chi connectivity index (χ4v) is 5.99. The normalized spacial score (nSPS) is 16.9. The van der Waals surface area contributed by atoms with Gasteiger partial charge in [0.25, 0.3) is 5.91 Å². The second kappa shape index (κ2) is 9.38. The maximum absolute atomic E-state index is 13.2. The van der Waals surface area contributed by atoms with Gasteiger partial charge in [-0.2, -0.15) is 0 Å². The lowest BCUT2D eigenvalue weighted by Crippen LogP contribution is -2.38. The van der Waals surface area contributed by atoms with Crippen molar-refractivity contribution in [2.24, 2.45) is 0 Å². The number of nitrogens with two attached hydrogens (primary N) is 1. The third-order valence-corrected chi connectivity index (χ3v) is 7.87. The molecule has 1 amide bonds. The van der Waals surface area contributed by atoms with E-state index in [-0.39, 0.29) is 23.5 Å². The van der Waals surface area contributed by atoms with Crippen molar-refractivity contribution in [1.29, 1.82) is 0 Å². The summed E-state index contributed by atoms with van der Waals surface area (Å²) in [5.41, 5.74) is 10.1. The van der Waals surface area contributed by atoms with E-state index in [1.165, 1.54) is 18.3 Å². The molecule has 1 unspecified atom stereocenters. The minimum Gasteiger partial charge on any atom is -0.496 e. The molecule has 1 saturated heterocycles.